The summed E-state index contributed by atoms with van der Waals surface area (Å²) in [6, 6.07) is 0. The summed E-state index contributed by atoms with van der Waals surface area (Å²) in [6.45, 7) is 1.57. The topological polar surface area (TPSA) is 0 Å². The lowest BCUT2D eigenvalue weighted by molar-refractivity contribution is -0.234. The maximum absolute atomic E-state index is 12.2. The van der Waals surface area contributed by atoms with Crippen LogP contribution in [0.15, 0.2) is 0 Å². The summed E-state index contributed by atoms with van der Waals surface area (Å²) in [6.07, 6.45) is -12.4. The predicted octanol–water partition coefficient (Wildman–Crippen LogP) is 3.03. The van der Waals surface area contributed by atoms with E-state index in [0.717, 1.165) is 0 Å². The van der Waals surface area contributed by atoms with Gasteiger partial charge in [-0.2, -0.15) is 17.6 Å². The van der Waals surface area contributed by atoms with Gasteiger partial charge in [-0.25, -0.2) is 17.6 Å². The Balaban J connectivity index is 4.75. The third-order valence-electron chi connectivity index (χ3n) is 1.35. The lowest BCUT2D eigenvalue weighted by Crippen LogP contribution is -2.51. The van der Waals surface area contributed by atoms with Gasteiger partial charge in [0.2, 0.25) is 6.17 Å². The van der Waals surface area contributed by atoms with E-state index in [1.54, 1.807) is 6.92 Å². The van der Waals surface area contributed by atoms with Crippen LogP contribution in [0.3, 0.4) is 0 Å². The Kier molecular flexibility index (Phi) is 3.74. The highest BCUT2D eigenvalue weighted by molar-refractivity contribution is 4.96. The largest absolute Gasteiger partial charge is 0.343 e. The summed E-state index contributed by atoms with van der Waals surface area (Å²) < 4.78 is 95.0. The van der Waals surface area contributed by atoms with Crippen molar-refractivity contribution in [3.05, 3.63) is 6.92 Å². The standard InChI is InChI=1S/C6H5F8/c1-5(11,12)6(13,14)3(8)2(7)4(9)10/h2-4H,1H2. The van der Waals surface area contributed by atoms with E-state index >= 15 is 0 Å². The lowest BCUT2D eigenvalue weighted by atomic mass is 10.0. The van der Waals surface area contributed by atoms with Gasteiger partial charge >= 0.3 is 11.8 Å². The minimum absolute atomic E-state index is 1.57. The Morgan fingerprint density at radius 2 is 1.21 bits per heavy atom. The molecule has 0 aromatic heterocycles. The van der Waals surface area contributed by atoms with Crippen LogP contribution in [0.4, 0.5) is 35.1 Å². The lowest BCUT2D eigenvalue weighted by Gasteiger charge is -2.27. The summed E-state index contributed by atoms with van der Waals surface area (Å²) in [5.74, 6) is -10.7. The fourth-order valence-electron chi connectivity index (χ4n) is 0.529. The van der Waals surface area contributed by atoms with Gasteiger partial charge in [0.25, 0.3) is 6.43 Å². The van der Waals surface area contributed by atoms with Gasteiger partial charge in [-0.15, -0.1) is 0 Å². The fourth-order valence-corrected chi connectivity index (χ4v) is 0.529. The molecular weight excluding hydrogens is 224 g/mol. The monoisotopic (exact) mass is 229 g/mol. The molecule has 0 saturated carbocycles. The Hall–Kier alpha value is -0.560. The second-order valence-corrected chi connectivity index (χ2v) is 2.51. The first-order chi connectivity index (χ1) is 6.01. The summed E-state index contributed by atoms with van der Waals surface area (Å²) in [5.41, 5.74) is 0. The maximum Gasteiger partial charge on any atom is 0.343 e. The van der Waals surface area contributed by atoms with Gasteiger partial charge in [0.05, 0.1) is 0 Å². The zero-order valence-corrected chi connectivity index (χ0v) is 6.46. The van der Waals surface area contributed by atoms with Crippen molar-refractivity contribution < 1.29 is 35.1 Å². The van der Waals surface area contributed by atoms with Crippen molar-refractivity contribution in [2.75, 3.05) is 0 Å². The molecule has 0 aliphatic rings. The molecule has 8 heteroatoms. The smallest absolute Gasteiger partial charge is 0.238 e. The van der Waals surface area contributed by atoms with Crippen LogP contribution in [0.5, 0.6) is 0 Å². The van der Waals surface area contributed by atoms with Crippen LogP contribution in [0.1, 0.15) is 0 Å². The number of halogens is 8. The molecular formula is C6H5F8. The second-order valence-electron chi connectivity index (χ2n) is 2.51. The average Bonchev–Trinajstić information content (AvgIpc) is 1.99. The molecule has 0 nitrogen and oxygen atoms in total. The third-order valence-corrected chi connectivity index (χ3v) is 1.35. The van der Waals surface area contributed by atoms with Crippen molar-refractivity contribution in [2.24, 2.45) is 0 Å². The van der Waals surface area contributed by atoms with Crippen LogP contribution in [0, 0.1) is 6.92 Å². The normalized spacial score (nSPS) is 18.4. The molecule has 0 bridgehead atoms. The number of hydrogen-bond donors (Lipinski definition) is 0. The zero-order chi connectivity index (χ0) is 11.7. The van der Waals surface area contributed by atoms with E-state index in [1.807, 2.05) is 0 Å². The quantitative estimate of drug-likeness (QED) is 0.650. The summed E-state index contributed by atoms with van der Waals surface area (Å²) in [5, 5.41) is 0. The van der Waals surface area contributed by atoms with Crippen LogP contribution in [-0.4, -0.2) is 30.6 Å². The molecule has 2 atom stereocenters. The van der Waals surface area contributed by atoms with Crippen molar-refractivity contribution in [1.29, 1.82) is 0 Å². The molecule has 0 aliphatic heterocycles. The van der Waals surface area contributed by atoms with Crippen molar-refractivity contribution in [3.8, 4) is 0 Å². The van der Waals surface area contributed by atoms with Crippen LogP contribution in [-0.2, 0) is 0 Å². The summed E-state index contributed by atoms with van der Waals surface area (Å²) >= 11 is 0. The molecule has 0 amide bonds. The van der Waals surface area contributed by atoms with E-state index in [2.05, 4.69) is 0 Å². The molecule has 1 radical (unpaired) electrons. The molecule has 0 rings (SSSR count). The van der Waals surface area contributed by atoms with E-state index in [4.69, 9.17) is 0 Å². The van der Waals surface area contributed by atoms with Crippen molar-refractivity contribution in [3.63, 3.8) is 0 Å². The van der Waals surface area contributed by atoms with Gasteiger partial charge in [0, 0.05) is 6.92 Å². The Bertz CT molecular complexity index is 183. The highest BCUT2D eigenvalue weighted by Gasteiger charge is 2.62. The number of alkyl halides is 8. The Labute approximate surface area is 73.9 Å². The molecule has 0 aliphatic carbocycles. The SMILES string of the molecule is [CH2]C(F)(F)C(F)(F)C(F)C(F)C(F)F. The molecule has 0 heterocycles. The Morgan fingerprint density at radius 3 is 1.43 bits per heavy atom. The van der Waals surface area contributed by atoms with Crippen LogP contribution in [0.2, 0.25) is 0 Å². The van der Waals surface area contributed by atoms with Gasteiger partial charge in [0.15, 0.2) is 6.17 Å². The van der Waals surface area contributed by atoms with Crippen LogP contribution in [0.25, 0.3) is 0 Å². The van der Waals surface area contributed by atoms with E-state index in [9.17, 15) is 35.1 Å². The molecule has 0 fully saturated rings. The molecule has 0 N–H and O–H groups in total. The molecule has 0 aromatic rings. The van der Waals surface area contributed by atoms with Gasteiger partial charge in [0.1, 0.15) is 0 Å². The van der Waals surface area contributed by atoms with Crippen molar-refractivity contribution >= 4 is 0 Å². The molecule has 2 unspecified atom stereocenters. The summed E-state index contributed by atoms with van der Waals surface area (Å²) in [4.78, 5) is 0. The van der Waals surface area contributed by atoms with Crippen molar-refractivity contribution in [2.45, 2.75) is 30.6 Å². The molecule has 85 valence electrons. The molecule has 0 saturated heterocycles. The third kappa shape index (κ3) is 2.48. The molecule has 14 heavy (non-hydrogen) atoms. The number of hydrogen-bond acceptors (Lipinski definition) is 0. The Morgan fingerprint density at radius 1 is 0.857 bits per heavy atom. The fraction of sp³-hybridized carbons (Fsp3) is 0.833. The zero-order valence-electron chi connectivity index (χ0n) is 6.46. The first-order valence-corrected chi connectivity index (χ1v) is 3.19. The van der Waals surface area contributed by atoms with E-state index in [-0.39, 0.29) is 0 Å². The minimum Gasteiger partial charge on any atom is -0.238 e. The maximum atomic E-state index is 12.2. The van der Waals surface area contributed by atoms with Crippen LogP contribution < -0.4 is 0 Å². The first kappa shape index (κ1) is 13.4. The highest BCUT2D eigenvalue weighted by atomic mass is 19.3. The number of rotatable bonds is 4. The molecule has 0 aromatic carbocycles. The second kappa shape index (κ2) is 3.90. The average molecular weight is 229 g/mol. The van der Waals surface area contributed by atoms with Crippen LogP contribution >= 0.6 is 0 Å². The van der Waals surface area contributed by atoms with Gasteiger partial charge in [-0.05, 0) is 0 Å². The minimum atomic E-state index is -5.57. The van der Waals surface area contributed by atoms with Gasteiger partial charge in [-0.3, -0.25) is 0 Å². The predicted molar refractivity (Wildman–Crippen MR) is 31.0 cm³/mol. The van der Waals surface area contributed by atoms with E-state index in [1.165, 1.54) is 0 Å². The van der Waals surface area contributed by atoms with Gasteiger partial charge < -0.3 is 0 Å². The molecule has 0 spiro atoms. The summed E-state index contributed by atoms with van der Waals surface area (Å²) in [7, 11) is 0. The van der Waals surface area contributed by atoms with E-state index < -0.39 is 30.6 Å². The first-order valence-electron chi connectivity index (χ1n) is 3.19. The van der Waals surface area contributed by atoms with E-state index in [0.29, 0.717) is 0 Å². The van der Waals surface area contributed by atoms with Gasteiger partial charge in [-0.1, -0.05) is 0 Å². The highest BCUT2D eigenvalue weighted by Crippen LogP contribution is 2.40. The van der Waals surface area contributed by atoms with Crippen molar-refractivity contribution in [1.82, 2.24) is 0 Å².